The van der Waals surface area contributed by atoms with Crippen molar-refractivity contribution < 1.29 is 9.53 Å². The van der Waals surface area contributed by atoms with Gasteiger partial charge in [0.25, 0.3) is 5.91 Å². The third kappa shape index (κ3) is 4.80. The van der Waals surface area contributed by atoms with Crippen LogP contribution >= 0.6 is 0 Å². The van der Waals surface area contributed by atoms with Crippen molar-refractivity contribution in [2.75, 3.05) is 12.4 Å². The number of rotatable bonds is 7. The van der Waals surface area contributed by atoms with E-state index < -0.39 is 0 Å². The zero-order valence-electron chi connectivity index (χ0n) is 14.5. The van der Waals surface area contributed by atoms with Crippen molar-refractivity contribution in [1.82, 2.24) is 15.3 Å². The van der Waals surface area contributed by atoms with Crippen LogP contribution < -0.4 is 15.4 Å². The van der Waals surface area contributed by atoms with Gasteiger partial charge in [0.1, 0.15) is 5.75 Å². The summed E-state index contributed by atoms with van der Waals surface area (Å²) in [6, 6.07) is 15.2. The normalized spacial score (nSPS) is 10.2. The lowest BCUT2D eigenvalue weighted by molar-refractivity contribution is 0.0950. The fourth-order valence-corrected chi connectivity index (χ4v) is 2.38. The Kier molecular flexibility index (Phi) is 5.77. The highest BCUT2D eigenvalue weighted by Gasteiger charge is 2.07. The number of amides is 1. The van der Waals surface area contributed by atoms with E-state index in [0.29, 0.717) is 18.7 Å². The number of aromatic nitrogens is 2. The molecule has 0 fully saturated rings. The van der Waals surface area contributed by atoms with Crippen LogP contribution in [0.4, 0.5) is 5.69 Å². The van der Waals surface area contributed by atoms with Crippen LogP contribution in [0.2, 0.25) is 0 Å². The molecule has 0 spiro atoms. The smallest absolute Gasteiger partial charge is 0.253 e. The van der Waals surface area contributed by atoms with Crippen LogP contribution in [0.1, 0.15) is 21.6 Å². The van der Waals surface area contributed by atoms with Gasteiger partial charge in [0.2, 0.25) is 0 Å². The maximum absolute atomic E-state index is 12.3. The summed E-state index contributed by atoms with van der Waals surface area (Å²) in [6.07, 6.45) is 4.94. The molecule has 2 heterocycles. The zero-order chi connectivity index (χ0) is 18.2. The van der Waals surface area contributed by atoms with E-state index in [-0.39, 0.29) is 5.91 Å². The van der Waals surface area contributed by atoms with Gasteiger partial charge in [-0.25, -0.2) is 0 Å². The van der Waals surface area contributed by atoms with Crippen LogP contribution in [0.25, 0.3) is 0 Å². The first-order chi connectivity index (χ1) is 12.7. The highest BCUT2D eigenvalue weighted by molar-refractivity contribution is 5.94. The van der Waals surface area contributed by atoms with Gasteiger partial charge in [0, 0.05) is 25.1 Å². The quantitative estimate of drug-likeness (QED) is 0.686. The van der Waals surface area contributed by atoms with E-state index >= 15 is 0 Å². The standard InChI is InChI=1S/C20H20N4O2/c1-26-19-7-5-15(6-8-19)11-23-18-10-16(12-21-13-18)20(25)24-14-17-4-2-3-9-22-17/h2-10,12-13,23H,11,14H2,1H3,(H,24,25). The number of hydrogen-bond donors (Lipinski definition) is 2. The first kappa shape index (κ1) is 17.4. The lowest BCUT2D eigenvalue weighted by Gasteiger charge is -2.09. The lowest BCUT2D eigenvalue weighted by Crippen LogP contribution is -2.23. The summed E-state index contributed by atoms with van der Waals surface area (Å²) < 4.78 is 5.15. The van der Waals surface area contributed by atoms with E-state index in [9.17, 15) is 4.79 Å². The van der Waals surface area contributed by atoms with Crippen LogP contribution in [-0.4, -0.2) is 23.0 Å². The predicted molar refractivity (Wildman–Crippen MR) is 100.0 cm³/mol. The minimum Gasteiger partial charge on any atom is -0.497 e. The Morgan fingerprint density at radius 2 is 1.92 bits per heavy atom. The summed E-state index contributed by atoms with van der Waals surface area (Å²) in [7, 11) is 1.64. The minimum atomic E-state index is -0.184. The fourth-order valence-electron chi connectivity index (χ4n) is 2.38. The van der Waals surface area contributed by atoms with Crippen LogP contribution in [0, 0.1) is 0 Å². The monoisotopic (exact) mass is 348 g/mol. The second kappa shape index (κ2) is 8.62. The van der Waals surface area contributed by atoms with Gasteiger partial charge >= 0.3 is 0 Å². The first-order valence-corrected chi connectivity index (χ1v) is 8.24. The van der Waals surface area contributed by atoms with Gasteiger partial charge in [-0.1, -0.05) is 18.2 Å². The fraction of sp³-hybridized carbons (Fsp3) is 0.150. The van der Waals surface area contributed by atoms with Crippen LogP contribution in [0.5, 0.6) is 5.75 Å². The van der Waals surface area contributed by atoms with Crippen molar-refractivity contribution in [2.45, 2.75) is 13.1 Å². The molecule has 6 nitrogen and oxygen atoms in total. The molecule has 2 N–H and O–H groups in total. The highest BCUT2D eigenvalue weighted by Crippen LogP contribution is 2.14. The molecule has 0 aliphatic heterocycles. The molecule has 6 heteroatoms. The van der Waals surface area contributed by atoms with Gasteiger partial charge in [-0.3, -0.25) is 14.8 Å². The van der Waals surface area contributed by atoms with E-state index in [1.165, 1.54) is 0 Å². The molecule has 2 aromatic heterocycles. The third-order valence-electron chi connectivity index (χ3n) is 3.81. The molecule has 1 amide bonds. The number of methoxy groups -OCH3 is 1. The predicted octanol–water partition coefficient (Wildman–Crippen LogP) is 3.03. The van der Waals surface area contributed by atoms with Gasteiger partial charge < -0.3 is 15.4 Å². The Morgan fingerprint density at radius 3 is 2.65 bits per heavy atom. The zero-order valence-corrected chi connectivity index (χ0v) is 14.5. The molecule has 0 bridgehead atoms. The summed E-state index contributed by atoms with van der Waals surface area (Å²) in [5.74, 6) is 0.637. The van der Waals surface area contributed by atoms with Gasteiger partial charge in [0.15, 0.2) is 0 Å². The SMILES string of the molecule is COc1ccc(CNc2cncc(C(=O)NCc3ccccn3)c2)cc1. The number of carbonyl (C=O) groups excluding carboxylic acids is 1. The number of benzene rings is 1. The third-order valence-corrected chi connectivity index (χ3v) is 3.81. The van der Waals surface area contributed by atoms with E-state index in [0.717, 1.165) is 22.7 Å². The van der Waals surface area contributed by atoms with Crippen LogP contribution in [-0.2, 0) is 13.1 Å². The maximum atomic E-state index is 12.3. The maximum Gasteiger partial charge on any atom is 0.253 e. The van der Waals surface area contributed by atoms with Crippen LogP contribution in [0.15, 0.2) is 67.1 Å². The first-order valence-electron chi connectivity index (χ1n) is 8.24. The van der Waals surface area contributed by atoms with Crippen molar-refractivity contribution >= 4 is 11.6 Å². The molecular formula is C20H20N4O2. The Hall–Kier alpha value is -3.41. The van der Waals surface area contributed by atoms with Gasteiger partial charge in [-0.2, -0.15) is 0 Å². The molecule has 132 valence electrons. The molecular weight excluding hydrogens is 328 g/mol. The number of nitrogens with zero attached hydrogens (tertiary/aromatic N) is 2. The van der Waals surface area contributed by atoms with E-state index in [4.69, 9.17) is 4.74 Å². The van der Waals surface area contributed by atoms with E-state index in [1.807, 2.05) is 42.5 Å². The number of carbonyl (C=O) groups is 1. The second-order valence-electron chi connectivity index (χ2n) is 5.67. The topological polar surface area (TPSA) is 76.1 Å². The van der Waals surface area contributed by atoms with Crippen molar-refractivity contribution in [2.24, 2.45) is 0 Å². The summed E-state index contributed by atoms with van der Waals surface area (Å²) >= 11 is 0. The van der Waals surface area contributed by atoms with Gasteiger partial charge in [-0.05, 0) is 35.9 Å². The summed E-state index contributed by atoms with van der Waals surface area (Å²) in [5, 5.41) is 6.12. The molecule has 0 atom stereocenters. The number of hydrogen-bond acceptors (Lipinski definition) is 5. The van der Waals surface area contributed by atoms with Crippen LogP contribution in [0.3, 0.4) is 0 Å². The summed E-state index contributed by atoms with van der Waals surface area (Å²) in [6.45, 7) is 1.01. The number of nitrogens with one attached hydrogen (secondary N) is 2. The lowest BCUT2D eigenvalue weighted by atomic mass is 10.2. The summed E-state index contributed by atoms with van der Waals surface area (Å²) in [4.78, 5) is 20.6. The summed E-state index contributed by atoms with van der Waals surface area (Å²) in [5.41, 5.74) is 3.20. The molecule has 0 saturated carbocycles. The van der Waals surface area contributed by atoms with E-state index in [1.54, 1.807) is 31.8 Å². The second-order valence-corrected chi connectivity index (χ2v) is 5.67. The van der Waals surface area contributed by atoms with Gasteiger partial charge in [-0.15, -0.1) is 0 Å². The molecule has 3 rings (SSSR count). The number of pyridine rings is 2. The minimum absolute atomic E-state index is 0.184. The number of anilines is 1. The molecule has 1 aromatic carbocycles. The average molecular weight is 348 g/mol. The Labute approximate surface area is 152 Å². The van der Waals surface area contributed by atoms with E-state index in [2.05, 4.69) is 20.6 Å². The average Bonchev–Trinajstić information content (AvgIpc) is 2.72. The molecule has 0 saturated heterocycles. The molecule has 3 aromatic rings. The largest absolute Gasteiger partial charge is 0.497 e. The Balaban J connectivity index is 1.57. The van der Waals surface area contributed by atoms with Crippen molar-refractivity contribution in [1.29, 1.82) is 0 Å². The molecule has 0 aliphatic carbocycles. The number of ether oxygens (including phenoxy) is 1. The molecule has 0 unspecified atom stereocenters. The van der Waals surface area contributed by atoms with Gasteiger partial charge in [0.05, 0.1) is 30.6 Å². The highest BCUT2D eigenvalue weighted by atomic mass is 16.5. The Bertz CT molecular complexity index is 851. The van der Waals surface area contributed by atoms with Crippen molar-refractivity contribution in [3.63, 3.8) is 0 Å². The van der Waals surface area contributed by atoms with Crippen molar-refractivity contribution in [3.05, 3.63) is 83.9 Å². The molecule has 0 radical (unpaired) electrons. The Morgan fingerprint density at radius 1 is 1.08 bits per heavy atom. The molecule has 0 aliphatic rings. The van der Waals surface area contributed by atoms with Crippen molar-refractivity contribution in [3.8, 4) is 5.75 Å². The molecule has 26 heavy (non-hydrogen) atoms.